The molecule has 3 aromatic rings. The molecule has 186 valence electrons. The van der Waals surface area contributed by atoms with Gasteiger partial charge in [0.25, 0.3) is 0 Å². The molecule has 1 aliphatic rings. The number of hydrogen-bond acceptors (Lipinski definition) is 6. The molecular weight excluding hydrogens is 455 g/mol. The number of methoxy groups -OCH3 is 1. The van der Waals surface area contributed by atoms with Crippen LogP contribution in [0.15, 0.2) is 18.3 Å². The number of ether oxygens (including phenoxy) is 3. The molecule has 1 N–H and O–H groups in total. The standard InChI is InChI=1S/C26H29FN2O6/c1-13-12-29-19(11-18(28-29)24(30)31)21(20(13)23(25(32)33-6)35-26(3,4)5)16-10-17(27)22-15(14(16)2)8-7-9-34-22/h10-12,23H,7-9H2,1-6H3,(H,30,31). The van der Waals surface area contributed by atoms with Gasteiger partial charge in [-0.2, -0.15) is 5.10 Å². The Bertz CT molecular complexity index is 1340. The summed E-state index contributed by atoms with van der Waals surface area (Å²) in [5, 5.41) is 13.8. The van der Waals surface area contributed by atoms with E-state index in [9.17, 15) is 14.7 Å². The van der Waals surface area contributed by atoms with Gasteiger partial charge in [0.1, 0.15) is 0 Å². The first-order valence-electron chi connectivity index (χ1n) is 11.4. The number of carboxylic acid groups (broad SMARTS) is 1. The third-order valence-electron chi connectivity index (χ3n) is 6.08. The van der Waals surface area contributed by atoms with Crippen LogP contribution < -0.4 is 4.74 Å². The number of carboxylic acids is 1. The zero-order valence-corrected chi connectivity index (χ0v) is 20.7. The SMILES string of the molecule is COC(=O)C(OC(C)(C)C)c1c(C)cn2nc(C(=O)O)cc2c1-c1cc(F)c2c(c1C)CCCO2. The number of nitrogens with zero attached hydrogens (tertiary/aromatic N) is 2. The molecule has 9 heteroatoms. The second-order valence-electron chi connectivity index (χ2n) is 9.69. The number of halogens is 1. The van der Waals surface area contributed by atoms with Gasteiger partial charge in [0.05, 0.1) is 24.8 Å². The highest BCUT2D eigenvalue weighted by Gasteiger charge is 2.34. The minimum atomic E-state index is -1.20. The van der Waals surface area contributed by atoms with Crippen LogP contribution >= 0.6 is 0 Å². The van der Waals surface area contributed by atoms with Crippen LogP contribution in [-0.4, -0.2) is 46.0 Å². The minimum absolute atomic E-state index is 0.173. The molecule has 1 atom stereocenters. The van der Waals surface area contributed by atoms with Gasteiger partial charge in [-0.25, -0.2) is 18.5 Å². The fourth-order valence-electron chi connectivity index (χ4n) is 4.60. The summed E-state index contributed by atoms with van der Waals surface area (Å²) in [7, 11) is 1.28. The summed E-state index contributed by atoms with van der Waals surface area (Å²) < 4.78 is 33.6. The van der Waals surface area contributed by atoms with Gasteiger partial charge in [0, 0.05) is 22.9 Å². The number of rotatable bonds is 5. The van der Waals surface area contributed by atoms with Crippen molar-refractivity contribution in [3.63, 3.8) is 0 Å². The molecule has 0 saturated carbocycles. The van der Waals surface area contributed by atoms with Crippen molar-refractivity contribution in [2.45, 2.75) is 59.2 Å². The zero-order valence-electron chi connectivity index (χ0n) is 20.7. The van der Waals surface area contributed by atoms with Crippen molar-refractivity contribution < 1.29 is 33.3 Å². The number of esters is 1. The number of carbonyl (C=O) groups excluding carboxylic acids is 1. The highest BCUT2D eigenvalue weighted by Crippen LogP contribution is 2.43. The van der Waals surface area contributed by atoms with E-state index in [1.165, 1.54) is 23.8 Å². The number of pyridine rings is 1. The van der Waals surface area contributed by atoms with E-state index in [1.54, 1.807) is 13.1 Å². The molecule has 1 unspecified atom stereocenters. The molecular formula is C26H29FN2O6. The van der Waals surface area contributed by atoms with Crippen LogP contribution in [0.5, 0.6) is 5.75 Å². The Hall–Kier alpha value is -3.46. The van der Waals surface area contributed by atoms with E-state index in [4.69, 9.17) is 14.2 Å². The summed E-state index contributed by atoms with van der Waals surface area (Å²) >= 11 is 0. The monoisotopic (exact) mass is 484 g/mol. The minimum Gasteiger partial charge on any atom is -0.490 e. The van der Waals surface area contributed by atoms with Gasteiger partial charge in [-0.1, -0.05) is 0 Å². The van der Waals surface area contributed by atoms with Crippen molar-refractivity contribution in [1.82, 2.24) is 9.61 Å². The van der Waals surface area contributed by atoms with E-state index in [0.29, 0.717) is 40.8 Å². The second kappa shape index (κ2) is 8.96. The Morgan fingerprint density at radius 1 is 1.26 bits per heavy atom. The average molecular weight is 485 g/mol. The predicted octanol–water partition coefficient (Wildman–Crippen LogP) is 4.81. The summed E-state index contributed by atoms with van der Waals surface area (Å²) in [4.78, 5) is 24.7. The molecule has 1 aliphatic heterocycles. The molecule has 0 bridgehead atoms. The molecule has 0 aliphatic carbocycles. The summed E-state index contributed by atoms with van der Waals surface area (Å²) in [5.74, 6) is -2.10. The topological polar surface area (TPSA) is 99.4 Å². The first-order valence-corrected chi connectivity index (χ1v) is 11.4. The van der Waals surface area contributed by atoms with E-state index in [0.717, 1.165) is 17.5 Å². The van der Waals surface area contributed by atoms with Crippen molar-refractivity contribution in [3.8, 4) is 16.9 Å². The lowest BCUT2D eigenvalue weighted by Gasteiger charge is -2.30. The fourth-order valence-corrected chi connectivity index (χ4v) is 4.60. The van der Waals surface area contributed by atoms with Crippen molar-refractivity contribution in [1.29, 1.82) is 0 Å². The fraction of sp³-hybridized carbons (Fsp3) is 0.423. The molecule has 3 heterocycles. The first kappa shape index (κ1) is 24.7. The Kier molecular flexibility index (Phi) is 6.31. The second-order valence-corrected chi connectivity index (χ2v) is 9.69. The van der Waals surface area contributed by atoms with Crippen molar-refractivity contribution in [2.75, 3.05) is 13.7 Å². The lowest BCUT2D eigenvalue weighted by Crippen LogP contribution is -2.29. The Morgan fingerprint density at radius 2 is 1.97 bits per heavy atom. The summed E-state index contributed by atoms with van der Waals surface area (Å²) in [6, 6.07) is 2.79. The third kappa shape index (κ3) is 4.48. The molecule has 4 rings (SSSR count). The number of hydrogen-bond donors (Lipinski definition) is 1. The molecule has 0 saturated heterocycles. The Balaban J connectivity index is 2.13. The van der Waals surface area contributed by atoms with Crippen molar-refractivity contribution in [2.24, 2.45) is 0 Å². The number of carbonyl (C=O) groups is 2. The molecule has 1 aromatic carbocycles. The van der Waals surface area contributed by atoms with Crippen LogP contribution in [0.3, 0.4) is 0 Å². The van der Waals surface area contributed by atoms with Crippen molar-refractivity contribution >= 4 is 17.5 Å². The van der Waals surface area contributed by atoms with Gasteiger partial charge in [-0.3, -0.25) is 0 Å². The van der Waals surface area contributed by atoms with Gasteiger partial charge >= 0.3 is 11.9 Å². The third-order valence-corrected chi connectivity index (χ3v) is 6.08. The maximum atomic E-state index is 15.3. The summed E-state index contributed by atoms with van der Waals surface area (Å²) in [6.45, 7) is 9.54. The van der Waals surface area contributed by atoms with Crippen molar-refractivity contribution in [3.05, 3.63) is 52.1 Å². The molecule has 0 amide bonds. The van der Waals surface area contributed by atoms with Crippen LogP contribution in [0, 0.1) is 19.7 Å². The van der Waals surface area contributed by atoms with Crippen LogP contribution in [0.1, 0.15) is 66.0 Å². The number of benzene rings is 1. The molecule has 0 radical (unpaired) electrons. The average Bonchev–Trinajstić information content (AvgIpc) is 3.22. The van der Waals surface area contributed by atoms with E-state index >= 15 is 4.39 Å². The Labute approximate surface area is 202 Å². The maximum absolute atomic E-state index is 15.3. The van der Waals surface area contributed by atoms with E-state index in [-0.39, 0.29) is 11.4 Å². The predicted molar refractivity (Wildman–Crippen MR) is 126 cm³/mol. The molecule has 0 fully saturated rings. The Morgan fingerprint density at radius 3 is 2.60 bits per heavy atom. The van der Waals surface area contributed by atoms with Crippen LogP contribution in [0.25, 0.3) is 16.6 Å². The van der Waals surface area contributed by atoms with Crippen LogP contribution in [0.4, 0.5) is 4.39 Å². The van der Waals surface area contributed by atoms with Gasteiger partial charge < -0.3 is 19.3 Å². The smallest absolute Gasteiger partial charge is 0.356 e. The van der Waals surface area contributed by atoms with Gasteiger partial charge in [-0.15, -0.1) is 0 Å². The number of fused-ring (bicyclic) bond motifs is 2. The van der Waals surface area contributed by atoms with Gasteiger partial charge in [0.15, 0.2) is 23.4 Å². The van der Waals surface area contributed by atoms with Crippen LogP contribution in [0.2, 0.25) is 0 Å². The first-order chi connectivity index (χ1) is 16.4. The molecule has 0 spiro atoms. The highest BCUT2D eigenvalue weighted by atomic mass is 19.1. The number of aromatic carboxylic acids is 1. The maximum Gasteiger partial charge on any atom is 0.356 e. The lowest BCUT2D eigenvalue weighted by molar-refractivity contribution is -0.164. The summed E-state index contributed by atoms with van der Waals surface area (Å²) in [5.41, 5.74) is 3.12. The highest BCUT2D eigenvalue weighted by molar-refractivity contribution is 5.94. The number of aromatic nitrogens is 2. The lowest BCUT2D eigenvalue weighted by atomic mass is 9.87. The normalized spacial score (nSPS) is 14.4. The molecule has 35 heavy (non-hydrogen) atoms. The van der Waals surface area contributed by atoms with E-state index in [2.05, 4.69) is 5.10 Å². The van der Waals surface area contributed by atoms with Gasteiger partial charge in [0.2, 0.25) is 0 Å². The van der Waals surface area contributed by atoms with E-state index in [1.807, 2.05) is 27.7 Å². The summed E-state index contributed by atoms with van der Waals surface area (Å²) in [6.07, 6.45) is 1.89. The quantitative estimate of drug-likeness (QED) is 0.519. The number of aryl methyl sites for hydroxylation is 1. The molecule has 2 aromatic heterocycles. The largest absolute Gasteiger partial charge is 0.490 e. The van der Waals surface area contributed by atoms with Crippen LogP contribution in [-0.2, 0) is 20.7 Å². The van der Waals surface area contributed by atoms with E-state index < -0.39 is 29.5 Å². The molecule has 8 nitrogen and oxygen atoms in total. The zero-order chi connectivity index (χ0) is 25.7. The van der Waals surface area contributed by atoms with Gasteiger partial charge in [-0.05, 0) is 76.3 Å².